The van der Waals surface area contributed by atoms with Crippen LogP contribution in [0.15, 0.2) is 4.34 Å². The molecule has 0 aliphatic rings. The monoisotopic (exact) mass is 410 g/mol. The molecule has 12 nitrogen and oxygen atoms in total. The summed E-state index contributed by atoms with van der Waals surface area (Å²) in [6.45, 7) is 2.40. The molecule has 1 heterocycles. The average molecular weight is 410 g/mol. The molecular weight excluding hydrogens is 388 g/mol. The SMILES string of the molecule is NCCOCCOCCNC(=O)CCC(=O)Nc1nnc(S(N)(=O)=O)s1. The Morgan fingerprint density at radius 1 is 1.04 bits per heavy atom. The number of nitrogens with one attached hydrogen (secondary N) is 2. The molecule has 2 amide bonds. The average Bonchev–Trinajstić information content (AvgIpc) is 3.04. The second-order valence-corrected chi connectivity index (χ2v) is 7.54. The number of carbonyl (C=O) groups is 2. The van der Waals surface area contributed by atoms with Gasteiger partial charge in [-0.3, -0.25) is 9.59 Å². The summed E-state index contributed by atoms with van der Waals surface area (Å²) in [7, 11) is -3.96. The number of amides is 2. The number of ether oxygens (including phenoxy) is 2. The van der Waals surface area contributed by atoms with E-state index in [1.165, 1.54) is 0 Å². The summed E-state index contributed by atoms with van der Waals surface area (Å²) >= 11 is 0.627. The van der Waals surface area contributed by atoms with Crippen molar-refractivity contribution in [2.75, 3.05) is 44.8 Å². The van der Waals surface area contributed by atoms with Gasteiger partial charge in [0.1, 0.15) is 0 Å². The summed E-state index contributed by atoms with van der Waals surface area (Å²) in [5.74, 6) is -0.809. The van der Waals surface area contributed by atoms with E-state index in [2.05, 4.69) is 20.8 Å². The van der Waals surface area contributed by atoms with Gasteiger partial charge in [0.05, 0.1) is 26.4 Å². The van der Waals surface area contributed by atoms with Gasteiger partial charge in [0.15, 0.2) is 0 Å². The van der Waals surface area contributed by atoms with Crippen molar-refractivity contribution in [1.29, 1.82) is 0 Å². The summed E-state index contributed by atoms with van der Waals surface area (Å²) in [4.78, 5) is 23.3. The number of primary sulfonamides is 1. The molecule has 0 aromatic carbocycles. The van der Waals surface area contributed by atoms with Crippen LogP contribution in [0.4, 0.5) is 5.13 Å². The van der Waals surface area contributed by atoms with Crippen molar-refractivity contribution in [2.24, 2.45) is 10.9 Å². The Morgan fingerprint density at radius 3 is 2.31 bits per heavy atom. The third-order valence-electron chi connectivity index (χ3n) is 2.68. The summed E-state index contributed by atoms with van der Waals surface area (Å²) < 4.78 is 32.1. The molecule has 0 radical (unpaired) electrons. The Balaban J connectivity index is 2.12. The van der Waals surface area contributed by atoms with Crippen molar-refractivity contribution >= 4 is 38.3 Å². The molecule has 0 aliphatic carbocycles. The molecule has 0 saturated carbocycles. The van der Waals surface area contributed by atoms with Gasteiger partial charge >= 0.3 is 0 Å². The first-order valence-electron chi connectivity index (χ1n) is 7.61. The van der Waals surface area contributed by atoms with Crippen molar-refractivity contribution in [3.05, 3.63) is 0 Å². The number of hydrogen-bond acceptors (Lipinski definition) is 10. The van der Waals surface area contributed by atoms with Gasteiger partial charge in [-0.2, -0.15) is 0 Å². The van der Waals surface area contributed by atoms with Gasteiger partial charge in [0, 0.05) is 25.9 Å². The number of hydrogen-bond donors (Lipinski definition) is 4. The van der Waals surface area contributed by atoms with Gasteiger partial charge in [-0.1, -0.05) is 11.3 Å². The Bertz CT molecular complexity index is 680. The maximum absolute atomic E-state index is 11.7. The molecule has 14 heteroatoms. The minimum Gasteiger partial charge on any atom is -0.378 e. The number of nitrogens with zero attached hydrogens (tertiary/aromatic N) is 2. The molecule has 0 unspecified atom stereocenters. The molecule has 148 valence electrons. The lowest BCUT2D eigenvalue weighted by atomic mass is 10.3. The quantitative estimate of drug-likeness (QED) is 0.211. The molecular formula is C12H22N6O6S2. The minimum absolute atomic E-state index is 0.00955. The lowest BCUT2D eigenvalue weighted by molar-refractivity contribution is -0.124. The largest absolute Gasteiger partial charge is 0.378 e. The number of sulfonamides is 1. The van der Waals surface area contributed by atoms with E-state index in [1.807, 2.05) is 0 Å². The van der Waals surface area contributed by atoms with Crippen LogP contribution in [0.2, 0.25) is 0 Å². The van der Waals surface area contributed by atoms with E-state index in [0.717, 1.165) is 0 Å². The third-order valence-corrected chi connectivity index (χ3v) is 4.83. The van der Waals surface area contributed by atoms with E-state index in [4.69, 9.17) is 20.3 Å². The first-order valence-corrected chi connectivity index (χ1v) is 9.97. The highest BCUT2D eigenvalue weighted by molar-refractivity contribution is 7.91. The smallest absolute Gasteiger partial charge is 0.267 e. The first kappa shape index (κ1) is 22.3. The van der Waals surface area contributed by atoms with Crippen LogP contribution in [-0.4, -0.2) is 69.9 Å². The molecule has 0 fully saturated rings. The Morgan fingerprint density at radius 2 is 1.69 bits per heavy atom. The predicted octanol–water partition coefficient (Wildman–Crippen LogP) is -1.99. The van der Waals surface area contributed by atoms with E-state index in [9.17, 15) is 18.0 Å². The molecule has 0 atom stereocenters. The highest BCUT2D eigenvalue weighted by Gasteiger charge is 2.16. The second kappa shape index (κ2) is 11.8. The van der Waals surface area contributed by atoms with Crippen LogP contribution in [0.1, 0.15) is 12.8 Å². The lowest BCUT2D eigenvalue weighted by Gasteiger charge is -2.07. The molecule has 0 bridgehead atoms. The molecule has 1 aromatic heterocycles. The highest BCUT2D eigenvalue weighted by atomic mass is 32.2. The lowest BCUT2D eigenvalue weighted by Crippen LogP contribution is -2.28. The molecule has 26 heavy (non-hydrogen) atoms. The van der Waals surface area contributed by atoms with Crippen LogP contribution >= 0.6 is 11.3 Å². The van der Waals surface area contributed by atoms with Crippen LogP contribution in [0.5, 0.6) is 0 Å². The molecule has 0 saturated heterocycles. The maximum Gasteiger partial charge on any atom is 0.267 e. The number of aromatic nitrogens is 2. The van der Waals surface area contributed by atoms with Gasteiger partial charge < -0.3 is 25.8 Å². The van der Waals surface area contributed by atoms with E-state index < -0.39 is 20.3 Å². The Hall–Kier alpha value is -1.71. The van der Waals surface area contributed by atoms with E-state index in [1.54, 1.807) is 0 Å². The number of anilines is 1. The van der Waals surface area contributed by atoms with Crippen molar-refractivity contribution in [3.63, 3.8) is 0 Å². The predicted molar refractivity (Wildman–Crippen MR) is 92.8 cm³/mol. The van der Waals surface area contributed by atoms with Gasteiger partial charge in [-0.05, 0) is 0 Å². The zero-order valence-corrected chi connectivity index (χ0v) is 15.6. The van der Waals surface area contributed by atoms with Crippen LogP contribution in [0.25, 0.3) is 0 Å². The van der Waals surface area contributed by atoms with Crippen LogP contribution in [0, 0.1) is 0 Å². The normalized spacial score (nSPS) is 11.3. The van der Waals surface area contributed by atoms with Crippen molar-refractivity contribution in [2.45, 2.75) is 17.2 Å². The van der Waals surface area contributed by atoms with Crippen molar-refractivity contribution in [3.8, 4) is 0 Å². The fourth-order valence-electron chi connectivity index (χ4n) is 1.54. The van der Waals surface area contributed by atoms with Gasteiger partial charge in [0.2, 0.25) is 21.3 Å². The number of carbonyl (C=O) groups excluding carboxylic acids is 2. The first-order chi connectivity index (χ1) is 12.3. The van der Waals surface area contributed by atoms with E-state index in [-0.39, 0.29) is 23.9 Å². The van der Waals surface area contributed by atoms with E-state index >= 15 is 0 Å². The molecule has 6 N–H and O–H groups in total. The topological polar surface area (TPSA) is 189 Å². The van der Waals surface area contributed by atoms with Crippen LogP contribution in [0.3, 0.4) is 0 Å². The van der Waals surface area contributed by atoms with E-state index in [0.29, 0.717) is 50.9 Å². The summed E-state index contributed by atoms with van der Waals surface area (Å²) in [6.07, 6.45) is -0.129. The van der Waals surface area contributed by atoms with Crippen LogP contribution in [-0.2, 0) is 29.1 Å². The van der Waals surface area contributed by atoms with Gasteiger partial charge in [0.25, 0.3) is 10.0 Å². The second-order valence-electron chi connectivity index (χ2n) is 4.83. The van der Waals surface area contributed by atoms with Crippen molar-refractivity contribution < 1.29 is 27.5 Å². The summed E-state index contributed by atoms with van der Waals surface area (Å²) in [5, 5.41) is 16.7. The molecule has 0 aliphatic heterocycles. The van der Waals surface area contributed by atoms with Gasteiger partial charge in [-0.25, -0.2) is 13.6 Å². The zero-order valence-electron chi connectivity index (χ0n) is 14.0. The zero-order chi connectivity index (χ0) is 19.4. The fourth-order valence-corrected chi connectivity index (χ4v) is 2.89. The Kier molecular flexibility index (Phi) is 10.2. The Labute approximate surface area is 154 Å². The van der Waals surface area contributed by atoms with Crippen molar-refractivity contribution in [1.82, 2.24) is 15.5 Å². The van der Waals surface area contributed by atoms with Crippen LogP contribution < -0.4 is 21.5 Å². The minimum atomic E-state index is -3.96. The standard InChI is InChI=1S/C12H22N6O6S2/c13-3-5-23-7-8-24-6-4-15-9(19)1-2-10(20)16-11-17-18-12(25-11)26(14,21)22/h1-8,13H2,(H,15,19)(H2,14,21,22)(H,16,17,20). The van der Waals surface area contributed by atoms with Gasteiger partial charge in [-0.15, -0.1) is 10.2 Å². The summed E-state index contributed by atoms with van der Waals surface area (Å²) in [5.41, 5.74) is 5.26. The number of nitrogens with two attached hydrogens (primary N) is 2. The fraction of sp³-hybridized carbons (Fsp3) is 0.667. The summed E-state index contributed by atoms with van der Waals surface area (Å²) in [6, 6.07) is 0. The number of rotatable bonds is 13. The molecule has 0 spiro atoms. The maximum atomic E-state index is 11.7. The molecule has 1 rings (SSSR count). The highest BCUT2D eigenvalue weighted by Crippen LogP contribution is 2.18. The molecule has 1 aromatic rings. The third kappa shape index (κ3) is 9.69.